The maximum Gasteiger partial charge on any atom is 0.0310 e. The van der Waals surface area contributed by atoms with Crippen LogP contribution >= 0.6 is 0 Å². The minimum atomic E-state index is 0.646. The van der Waals surface area contributed by atoms with E-state index in [1.165, 1.54) is 42.4 Å². The van der Waals surface area contributed by atoms with Crippen LogP contribution in [0, 0.1) is 0 Å². The first-order chi connectivity index (χ1) is 12.3. The number of rotatable bonds is 6. The van der Waals surface area contributed by atoms with Gasteiger partial charge in [-0.15, -0.1) is 0 Å². The summed E-state index contributed by atoms with van der Waals surface area (Å²) in [6.07, 6.45) is 8.75. The van der Waals surface area contributed by atoms with Gasteiger partial charge in [0.2, 0.25) is 0 Å². The maximum absolute atomic E-state index is 2.62. The highest BCUT2D eigenvalue weighted by atomic mass is 15.1. The first-order valence-electron chi connectivity index (χ1n) is 9.87. The molecule has 0 spiro atoms. The van der Waals surface area contributed by atoms with Gasteiger partial charge in [-0.05, 0) is 55.5 Å². The van der Waals surface area contributed by atoms with Crippen LogP contribution in [0.25, 0.3) is 6.08 Å². The Bertz CT molecular complexity index is 665. The van der Waals surface area contributed by atoms with Crippen molar-refractivity contribution in [2.45, 2.75) is 52.0 Å². The van der Waals surface area contributed by atoms with Gasteiger partial charge in [0.25, 0.3) is 0 Å². The fourth-order valence-electron chi connectivity index (χ4n) is 4.05. The van der Waals surface area contributed by atoms with Crippen LogP contribution in [-0.4, -0.2) is 24.0 Å². The Labute approximate surface area is 153 Å². The molecule has 0 radical (unpaired) electrons. The van der Waals surface area contributed by atoms with Gasteiger partial charge in [0, 0.05) is 6.04 Å². The highest BCUT2D eigenvalue weighted by Crippen LogP contribution is 2.29. The van der Waals surface area contributed by atoms with E-state index in [1.807, 2.05) is 0 Å². The molecule has 1 saturated carbocycles. The van der Waals surface area contributed by atoms with Crippen LogP contribution in [0.1, 0.15) is 56.2 Å². The number of hydrogen-bond acceptors (Lipinski definition) is 1. The summed E-state index contributed by atoms with van der Waals surface area (Å²) in [6.45, 7) is 6.87. The molecule has 132 valence electrons. The molecule has 1 fully saturated rings. The Kier molecular flexibility index (Phi) is 6.47. The summed E-state index contributed by atoms with van der Waals surface area (Å²) in [5.74, 6) is 0. The summed E-state index contributed by atoms with van der Waals surface area (Å²) in [5, 5.41) is 0. The average molecular weight is 334 g/mol. The molecule has 1 atom stereocenters. The SMILES string of the molecule is CCN(CC)C1CCCC/C1=C\c1ccc(Cc2ccccc2)cc1. The third kappa shape index (κ3) is 4.83. The van der Waals surface area contributed by atoms with Crippen LogP contribution in [0.3, 0.4) is 0 Å². The number of likely N-dealkylation sites (N-methyl/N-ethyl adjacent to an activating group) is 1. The van der Waals surface area contributed by atoms with Crippen LogP contribution < -0.4 is 0 Å². The zero-order valence-electron chi connectivity index (χ0n) is 15.7. The second-order valence-corrected chi connectivity index (χ2v) is 7.11. The van der Waals surface area contributed by atoms with E-state index in [4.69, 9.17) is 0 Å². The van der Waals surface area contributed by atoms with Gasteiger partial charge in [0.05, 0.1) is 0 Å². The lowest BCUT2D eigenvalue weighted by atomic mass is 9.87. The van der Waals surface area contributed by atoms with Crippen LogP contribution in [0.2, 0.25) is 0 Å². The van der Waals surface area contributed by atoms with Crippen molar-refractivity contribution in [2.24, 2.45) is 0 Å². The smallest absolute Gasteiger partial charge is 0.0310 e. The van der Waals surface area contributed by atoms with Gasteiger partial charge in [0.15, 0.2) is 0 Å². The van der Waals surface area contributed by atoms with Crippen LogP contribution in [0.15, 0.2) is 60.2 Å². The molecule has 1 nitrogen and oxygen atoms in total. The van der Waals surface area contributed by atoms with Crippen molar-refractivity contribution in [3.63, 3.8) is 0 Å². The quantitative estimate of drug-likeness (QED) is 0.632. The maximum atomic E-state index is 2.62. The van der Waals surface area contributed by atoms with E-state index in [2.05, 4.69) is 79.4 Å². The normalized spacial score (nSPS) is 19.5. The van der Waals surface area contributed by atoms with E-state index in [0.717, 1.165) is 19.5 Å². The third-order valence-corrected chi connectivity index (χ3v) is 5.46. The van der Waals surface area contributed by atoms with Gasteiger partial charge in [-0.2, -0.15) is 0 Å². The van der Waals surface area contributed by atoms with Crippen molar-refractivity contribution >= 4 is 6.08 Å². The molecule has 0 aromatic heterocycles. The molecule has 0 heterocycles. The lowest BCUT2D eigenvalue weighted by molar-refractivity contribution is 0.215. The van der Waals surface area contributed by atoms with E-state index in [0.29, 0.717) is 6.04 Å². The Hall–Kier alpha value is -1.86. The first-order valence-corrected chi connectivity index (χ1v) is 9.87. The van der Waals surface area contributed by atoms with Crippen LogP contribution in [0.5, 0.6) is 0 Å². The minimum absolute atomic E-state index is 0.646. The third-order valence-electron chi connectivity index (χ3n) is 5.46. The number of benzene rings is 2. The summed E-state index contributed by atoms with van der Waals surface area (Å²) < 4.78 is 0. The Morgan fingerprint density at radius 2 is 1.56 bits per heavy atom. The van der Waals surface area contributed by atoms with Crippen molar-refractivity contribution in [3.8, 4) is 0 Å². The molecule has 3 rings (SSSR count). The minimum Gasteiger partial charge on any atom is -0.297 e. The molecule has 1 aliphatic carbocycles. The van der Waals surface area contributed by atoms with Gasteiger partial charge in [0.1, 0.15) is 0 Å². The largest absolute Gasteiger partial charge is 0.297 e. The lowest BCUT2D eigenvalue weighted by Crippen LogP contribution is -2.38. The zero-order valence-corrected chi connectivity index (χ0v) is 15.7. The predicted molar refractivity (Wildman–Crippen MR) is 109 cm³/mol. The molecule has 25 heavy (non-hydrogen) atoms. The average Bonchev–Trinajstić information content (AvgIpc) is 2.66. The molecule has 0 N–H and O–H groups in total. The Balaban J connectivity index is 1.73. The topological polar surface area (TPSA) is 3.24 Å². The van der Waals surface area contributed by atoms with Crippen molar-refractivity contribution in [2.75, 3.05) is 13.1 Å². The highest BCUT2D eigenvalue weighted by Gasteiger charge is 2.23. The molecular formula is C24H31N. The Morgan fingerprint density at radius 3 is 2.24 bits per heavy atom. The van der Waals surface area contributed by atoms with Gasteiger partial charge in [-0.25, -0.2) is 0 Å². The number of hydrogen-bond donors (Lipinski definition) is 0. The van der Waals surface area contributed by atoms with E-state index >= 15 is 0 Å². The molecule has 0 aliphatic heterocycles. The molecule has 0 saturated heterocycles. The summed E-state index contributed by atoms with van der Waals surface area (Å²) in [5.41, 5.74) is 5.75. The molecule has 0 bridgehead atoms. The second kappa shape index (κ2) is 9.01. The molecule has 1 aliphatic rings. The number of nitrogens with zero attached hydrogens (tertiary/aromatic N) is 1. The van der Waals surface area contributed by atoms with Gasteiger partial charge >= 0.3 is 0 Å². The molecule has 1 heteroatoms. The van der Waals surface area contributed by atoms with Crippen LogP contribution in [0.4, 0.5) is 0 Å². The molecule has 0 amide bonds. The van der Waals surface area contributed by atoms with Crippen molar-refractivity contribution in [1.82, 2.24) is 4.90 Å². The fourth-order valence-corrected chi connectivity index (χ4v) is 4.05. The standard InChI is InChI=1S/C24H31N/c1-3-25(4-2)24-13-9-8-12-23(24)19-22-16-14-21(15-17-22)18-20-10-6-5-7-11-20/h5-7,10-11,14-17,19,24H,3-4,8-9,12-13,18H2,1-2H3/b23-19+. The summed E-state index contributed by atoms with van der Waals surface area (Å²) in [6, 6.07) is 20.5. The first kappa shape index (κ1) is 17.9. The second-order valence-electron chi connectivity index (χ2n) is 7.11. The van der Waals surface area contributed by atoms with Gasteiger partial charge in [-0.1, -0.05) is 86.5 Å². The monoisotopic (exact) mass is 333 g/mol. The van der Waals surface area contributed by atoms with Crippen LogP contribution in [-0.2, 0) is 6.42 Å². The lowest BCUT2D eigenvalue weighted by Gasteiger charge is -2.35. The molecule has 2 aromatic rings. The van der Waals surface area contributed by atoms with Crippen molar-refractivity contribution in [3.05, 3.63) is 76.9 Å². The highest BCUT2D eigenvalue weighted by molar-refractivity contribution is 5.55. The summed E-state index contributed by atoms with van der Waals surface area (Å²) in [4.78, 5) is 2.62. The molecule has 1 unspecified atom stereocenters. The van der Waals surface area contributed by atoms with E-state index in [-0.39, 0.29) is 0 Å². The summed E-state index contributed by atoms with van der Waals surface area (Å²) >= 11 is 0. The van der Waals surface area contributed by atoms with E-state index in [9.17, 15) is 0 Å². The van der Waals surface area contributed by atoms with Crippen molar-refractivity contribution < 1.29 is 0 Å². The van der Waals surface area contributed by atoms with E-state index < -0.39 is 0 Å². The van der Waals surface area contributed by atoms with Crippen molar-refractivity contribution in [1.29, 1.82) is 0 Å². The molecular weight excluding hydrogens is 302 g/mol. The van der Waals surface area contributed by atoms with E-state index in [1.54, 1.807) is 5.57 Å². The predicted octanol–water partition coefficient (Wildman–Crippen LogP) is 5.95. The zero-order chi connectivity index (χ0) is 17.5. The van der Waals surface area contributed by atoms with Gasteiger partial charge in [-0.3, -0.25) is 4.90 Å². The summed E-state index contributed by atoms with van der Waals surface area (Å²) in [7, 11) is 0. The molecule has 2 aromatic carbocycles. The van der Waals surface area contributed by atoms with Gasteiger partial charge < -0.3 is 0 Å². The fraction of sp³-hybridized carbons (Fsp3) is 0.417. The Morgan fingerprint density at radius 1 is 0.880 bits per heavy atom.